The summed E-state index contributed by atoms with van der Waals surface area (Å²) in [6.45, 7) is 0.0968. The molecular weight excluding hydrogens is 452 g/mol. The molecule has 2 aromatic rings. The summed E-state index contributed by atoms with van der Waals surface area (Å²) in [4.78, 5) is 36.5. The zero-order valence-electron chi connectivity index (χ0n) is 14.4. The molecule has 144 valence electrons. The average Bonchev–Trinajstić information content (AvgIpc) is 2.92. The molecule has 1 N–H and O–H groups in total. The molecule has 0 saturated carbocycles. The van der Waals surface area contributed by atoms with E-state index in [0.717, 1.165) is 27.1 Å². The number of nitro groups is 1. The van der Waals surface area contributed by atoms with Gasteiger partial charge in [0.1, 0.15) is 0 Å². The maximum atomic E-state index is 12.6. The molecule has 1 aliphatic rings. The molecule has 1 heterocycles. The molecule has 0 unspecified atom stereocenters. The number of hydrogen-bond acceptors (Lipinski definition) is 7. The highest BCUT2D eigenvalue weighted by Gasteiger charge is 2.35. The number of hydrogen-bond donors (Lipinski definition) is 1. The lowest BCUT2D eigenvalue weighted by molar-refractivity contribution is -0.385. The highest BCUT2D eigenvalue weighted by atomic mass is 79.9. The van der Waals surface area contributed by atoms with Crippen LogP contribution in [-0.2, 0) is 11.3 Å². The van der Waals surface area contributed by atoms with E-state index < -0.39 is 16.1 Å². The number of imide groups is 1. The summed E-state index contributed by atoms with van der Waals surface area (Å²) in [5.74, 6) is -0.995. The molecule has 0 spiro atoms. The van der Waals surface area contributed by atoms with Crippen molar-refractivity contribution in [3.63, 3.8) is 0 Å². The lowest BCUT2D eigenvalue weighted by atomic mass is 10.1. The first-order valence-electron chi connectivity index (χ1n) is 7.85. The standard InChI is InChI=1S/C18H13BrN2O6S/c1-27-14-8-13(21(25)26)6-11(16(14)22)7-15-17(23)20(18(24)28-15)9-10-2-4-12(19)5-3-10/h2-8,22H,9H2,1H3/b15-7-. The lowest BCUT2D eigenvalue weighted by Gasteiger charge is -2.12. The van der Waals surface area contributed by atoms with Crippen LogP contribution in [0.25, 0.3) is 6.08 Å². The van der Waals surface area contributed by atoms with Crippen molar-refractivity contribution < 1.29 is 24.4 Å². The van der Waals surface area contributed by atoms with Crippen molar-refractivity contribution in [2.24, 2.45) is 0 Å². The van der Waals surface area contributed by atoms with Crippen LogP contribution in [0.3, 0.4) is 0 Å². The van der Waals surface area contributed by atoms with E-state index >= 15 is 0 Å². The Morgan fingerprint density at radius 2 is 1.96 bits per heavy atom. The number of methoxy groups -OCH3 is 1. The minimum Gasteiger partial charge on any atom is -0.504 e. The summed E-state index contributed by atoms with van der Waals surface area (Å²) in [6, 6.07) is 9.37. The number of aromatic hydroxyl groups is 1. The van der Waals surface area contributed by atoms with E-state index in [4.69, 9.17) is 4.74 Å². The second-order valence-corrected chi connectivity index (χ2v) is 7.65. The normalized spacial score (nSPS) is 15.4. The van der Waals surface area contributed by atoms with Crippen LogP contribution in [0.2, 0.25) is 0 Å². The molecular formula is C18H13BrN2O6S. The van der Waals surface area contributed by atoms with Crippen LogP contribution in [0.15, 0.2) is 45.8 Å². The van der Waals surface area contributed by atoms with Crippen molar-refractivity contribution >= 4 is 50.6 Å². The van der Waals surface area contributed by atoms with Crippen LogP contribution in [0.1, 0.15) is 11.1 Å². The van der Waals surface area contributed by atoms with Gasteiger partial charge in [-0.1, -0.05) is 28.1 Å². The van der Waals surface area contributed by atoms with Gasteiger partial charge >= 0.3 is 0 Å². The summed E-state index contributed by atoms with van der Waals surface area (Å²) in [6.07, 6.45) is 1.25. The van der Waals surface area contributed by atoms with Crippen molar-refractivity contribution in [2.75, 3.05) is 7.11 Å². The summed E-state index contributed by atoms with van der Waals surface area (Å²) in [5.41, 5.74) is 0.474. The molecule has 28 heavy (non-hydrogen) atoms. The maximum Gasteiger partial charge on any atom is 0.293 e. The number of rotatable bonds is 5. The minimum absolute atomic E-state index is 0.0141. The Labute approximate surface area is 172 Å². The molecule has 1 saturated heterocycles. The number of ether oxygens (including phenoxy) is 1. The third kappa shape index (κ3) is 4.02. The first kappa shape index (κ1) is 19.9. The van der Waals surface area contributed by atoms with Crippen LogP contribution in [0.4, 0.5) is 10.5 Å². The molecule has 0 aliphatic carbocycles. The first-order valence-corrected chi connectivity index (χ1v) is 9.46. The van der Waals surface area contributed by atoms with Crippen molar-refractivity contribution in [2.45, 2.75) is 6.54 Å². The smallest absolute Gasteiger partial charge is 0.293 e. The second-order valence-electron chi connectivity index (χ2n) is 5.74. The van der Waals surface area contributed by atoms with E-state index in [1.807, 2.05) is 0 Å². The van der Waals surface area contributed by atoms with Crippen LogP contribution >= 0.6 is 27.7 Å². The fourth-order valence-electron chi connectivity index (χ4n) is 2.54. The second kappa shape index (κ2) is 8.03. The van der Waals surface area contributed by atoms with E-state index in [-0.39, 0.29) is 34.2 Å². The fraction of sp³-hybridized carbons (Fsp3) is 0.111. The van der Waals surface area contributed by atoms with Crippen LogP contribution < -0.4 is 4.74 Å². The lowest BCUT2D eigenvalue weighted by Crippen LogP contribution is -2.27. The van der Waals surface area contributed by atoms with Gasteiger partial charge in [0, 0.05) is 16.1 Å². The highest BCUT2D eigenvalue weighted by Crippen LogP contribution is 2.39. The Kier molecular flexibility index (Phi) is 5.71. The van der Waals surface area contributed by atoms with E-state index in [0.29, 0.717) is 11.8 Å². The topological polar surface area (TPSA) is 110 Å². The number of carbonyl (C=O) groups excluding carboxylic acids is 2. The summed E-state index contributed by atoms with van der Waals surface area (Å²) in [5, 5.41) is 20.8. The van der Waals surface area contributed by atoms with Gasteiger partial charge in [-0.15, -0.1) is 0 Å². The molecule has 0 aromatic heterocycles. The quantitative estimate of drug-likeness (QED) is 0.398. The molecule has 8 nitrogen and oxygen atoms in total. The number of phenolic OH excluding ortho intramolecular Hbond substituents is 1. The Balaban J connectivity index is 1.92. The van der Waals surface area contributed by atoms with Crippen LogP contribution in [0.5, 0.6) is 11.5 Å². The Hall–Kier alpha value is -2.85. The van der Waals surface area contributed by atoms with Crippen LogP contribution in [0, 0.1) is 10.1 Å². The van der Waals surface area contributed by atoms with Gasteiger partial charge in [-0.3, -0.25) is 24.6 Å². The molecule has 0 atom stereocenters. The predicted octanol–water partition coefficient (Wildman–Crippen LogP) is 4.31. The largest absolute Gasteiger partial charge is 0.504 e. The van der Waals surface area contributed by atoms with Crippen molar-refractivity contribution in [1.29, 1.82) is 0 Å². The molecule has 2 aromatic carbocycles. The van der Waals surface area contributed by atoms with E-state index in [1.165, 1.54) is 13.2 Å². The van der Waals surface area contributed by atoms with Gasteiger partial charge in [-0.2, -0.15) is 0 Å². The Morgan fingerprint density at radius 3 is 2.57 bits per heavy atom. The van der Waals surface area contributed by atoms with E-state index in [1.54, 1.807) is 24.3 Å². The number of thioether (sulfide) groups is 1. The predicted molar refractivity (Wildman–Crippen MR) is 107 cm³/mol. The minimum atomic E-state index is -0.640. The van der Waals surface area contributed by atoms with Gasteiger partial charge in [-0.25, -0.2) is 0 Å². The molecule has 1 aliphatic heterocycles. The number of nitrogens with zero attached hydrogens (tertiary/aromatic N) is 2. The molecule has 10 heteroatoms. The van der Waals surface area contributed by atoms with Crippen molar-refractivity contribution in [1.82, 2.24) is 4.90 Å². The molecule has 0 radical (unpaired) electrons. The third-order valence-corrected chi connectivity index (χ3v) is 5.37. The molecule has 0 bridgehead atoms. The zero-order valence-corrected chi connectivity index (χ0v) is 16.8. The number of halogens is 1. The summed E-state index contributed by atoms with van der Waals surface area (Å²) in [7, 11) is 1.26. The number of amides is 2. The number of benzene rings is 2. The van der Waals surface area contributed by atoms with Crippen molar-refractivity contribution in [3.8, 4) is 11.5 Å². The monoisotopic (exact) mass is 464 g/mol. The van der Waals surface area contributed by atoms with Gasteiger partial charge in [0.15, 0.2) is 11.5 Å². The van der Waals surface area contributed by atoms with E-state index in [2.05, 4.69) is 15.9 Å². The Bertz CT molecular complexity index is 1010. The number of non-ortho nitro benzene ring substituents is 1. The van der Waals surface area contributed by atoms with Gasteiger partial charge < -0.3 is 9.84 Å². The van der Waals surface area contributed by atoms with Gasteiger partial charge in [-0.05, 0) is 35.5 Å². The summed E-state index contributed by atoms with van der Waals surface area (Å²) < 4.78 is 5.82. The number of carbonyl (C=O) groups is 2. The number of phenols is 1. The molecule has 2 amide bonds. The van der Waals surface area contributed by atoms with Gasteiger partial charge in [0.2, 0.25) is 0 Å². The van der Waals surface area contributed by atoms with Gasteiger partial charge in [0.25, 0.3) is 16.8 Å². The Morgan fingerprint density at radius 1 is 1.29 bits per heavy atom. The highest BCUT2D eigenvalue weighted by molar-refractivity contribution is 9.10. The fourth-order valence-corrected chi connectivity index (χ4v) is 3.63. The first-order chi connectivity index (χ1) is 13.3. The maximum absolute atomic E-state index is 12.6. The summed E-state index contributed by atoms with van der Waals surface area (Å²) >= 11 is 4.02. The van der Waals surface area contributed by atoms with Gasteiger partial charge in [0.05, 0.1) is 29.5 Å². The molecule has 1 fully saturated rings. The SMILES string of the molecule is COc1cc([N+](=O)[O-])cc(/C=C2\SC(=O)N(Cc3ccc(Br)cc3)C2=O)c1O. The van der Waals surface area contributed by atoms with Crippen LogP contribution in [-0.4, -0.2) is 33.2 Å². The molecule has 3 rings (SSSR count). The van der Waals surface area contributed by atoms with Crippen molar-refractivity contribution in [3.05, 3.63) is 67.0 Å². The zero-order chi connectivity index (χ0) is 20.4. The number of nitro benzene ring substituents is 1. The average molecular weight is 465 g/mol. The van der Waals surface area contributed by atoms with E-state index in [9.17, 15) is 24.8 Å². The third-order valence-electron chi connectivity index (χ3n) is 3.93.